The van der Waals surface area contributed by atoms with Crippen LogP contribution in [0.15, 0.2) is 41.7 Å². The van der Waals surface area contributed by atoms with Gasteiger partial charge in [-0.15, -0.1) is 0 Å². The highest BCUT2D eigenvalue weighted by Crippen LogP contribution is 2.09. The standard InChI is InChI=1S/C15H16N4O3/c1-10-13(11(2)19-21)8-16-14(17-10)18-15(20)22-9-12-6-4-3-5-7-12/h3-8,21H,9H2,1-2H3,(H,16,17,18,20)/b19-11+. The molecule has 7 heteroatoms. The summed E-state index contributed by atoms with van der Waals surface area (Å²) in [4.78, 5) is 19.8. The van der Waals surface area contributed by atoms with E-state index in [1.165, 1.54) is 6.20 Å². The van der Waals surface area contributed by atoms with E-state index >= 15 is 0 Å². The van der Waals surface area contributed by atoms with Crippen molar-refractivity contribution in [3.63, 3.8) is 0 Å². The number of amides is 1. The van der Waals surface area contributed by atoms with Crippen molar-refractivity contribution in [2.24, 2.45) is 5.16 Å². The summed E-state index contributed by atoms with van der Waals surface area (Å²) in [5.74, 6) is 0.130. The summed E-state index contributed by atoms with van der Waals surface area (Å²) < 4.78 is 5.08. The minimum atomic E-state index is -0.636. The van der Waals surface area contributed by atoms with Crippen LogP contribution in [0.3, 0.4) is 0 Å². The van der Waals surface area contributed by atoms with Gasteiger partial charge in [0.25, 0.3) is 0 Å². The van der Waals surface area contributed by atoms with Crippen LogP contribution < -0.4 is 5.32 Å². The topological polar surface area (TPSA) is 96.7 Å². The van der Waals surface area contributed by atoms with Gasteiger partial charge in [0.05, 0.1) is 11.4 Å². The van der Waals surface area contributed by atoms with Gasteiger partial charge in [0.15, 0.2) is 0 Å². The maximum Gasteiger partial charge on any atom is 0.414 e. The second-order valence-electron chi connectivity index (χ2n) is 4.56. The largest absolute Gasteiger partial charge is 0.444 e. The Hall–Kier alpha value is -2.96. The fraction of sp³-hybridized carbons (Fsp3) is 0.200. The molecule has 0 saturated carbocycles. The van der Waals surface area contributed by atoms with E-state index in [9.17, 15) is 4.79 Å². The summed E-state index contributed by atoms with van der Waals surface area (Å²) in [5.41, 5.74) is 2.48. The Morgan fingerprint density at radius 2 is 2.09 bits per heavy atom. The zero-order valence-electron chi connectivity index (χ0n) is 12.3. The van der Waals surface area contributed by atoms with Crippen molar-refractivity contribution in [1.82, 2.24) is 9.97 Å². The summed E-state index contributed by atoms with van der Waals surface area (Å²) in [6.45, 7) is 3.53. The lowest BCUT2D eigenvalue weighted by atomic mass is 10.2. The maximum atomic E-state index is 11.7. The molecular weight excluding hydrogens is 284 g/mol. The van der Waals surface area contributed by atoms with Crippen molar-refractivity contribution >= 4 is 17.8 Å². The fourth-order valence-electron chi connectivity index (χ4n) is 1.79. The maximum absolute atomic E-state index is 11.7. The molecule has 1 heterocycles. The Kier molecular flexibility index (Phi) is 5.02. The highest BCUT2D eigenvalue weighted by Gasteiger charge is 2.10. The zero-order valence-corrected chi connectivity index (χ0v) is 12.3. The van der Waals surface area contributed by atoms with Crippen LogP contribution in [-0.4, -0.2) is 27.0 Å². The minimum absolute atomic E-state index is 0.130. The molecule has 22 heavy (non-hydrogen) atoms. The molecular formula is C15H16N4O3. The van der Waals surface area contributed by atoms with Crippen molar-refractivity contribution in [1.29, 1.82) is 0 Å². The first-order chi connectivity index (χ1) is 10.6. The van der Waals surface area contributed by atoms with Gasteiger partial charge in [0.1, 0.15) is 6.61 Å². The van der Waals surface area contributed by atoms with Crippen LogP contribution in [0.4, 0.5) is 10.7 Å². The predicted octanol–water partition coefficient (Wildman–Crippen LogP) is 2.73. The van der Waals surface area contributed by atoms with E-state index in [2.05, 4.69) is 20.4 Å². The summed E-state index contributed by atoms with van der Waals surface area (Å²) >= 11 is 0. The summed E-state index contributed by atoms with van der Waals surface area (Å²) in [6.07, 6.45) is 0.841. The second-order valence-corrected chi connectivity index (χ2v) is 4.56. The van der Waals surface area contributed by atoms with E-state index in [4.69, 9.17) is 9.94 Å². The molecule has 1 amide bonds. The SMILES string of the molecule is C/C(=N\O)c1cnc(NC(=O)OCc2ccccc2)nc1C. The Morgan fingerprint density at radius 3 is 2.73 bits per heavy atom. The lowest BCUT2D eigenvalue weighted by Crippen LogP contribution is -2.16. The van der Waals surface area contributed by atoms with Crippen LogP contribution >= 0.6 is 0 Å². The average Bonchev–Trinajstić information content (AvgIpc) is 2.53. The van der Waals surface area contributed by atoms with Crippen molar-refractivity contribution in [3.05, 3.63) is 53.3 Å². The molecule has 2 rings (SSSR count). The van der Waals surface area contributed by atoms with E-state index in [-0.39, 0.29) is 12.6 Å². The van der Waals surface area contributed by atoms with Crippen LogP contribution in [0, 0.1) is 6.92 Å². The predicted molar refractivity (Wildman–Crippen MR) is 81.0 cm³/mol. The van der Waals surface area contributed by atoms with Crippen LogP contribution in [0.1, 0.15) is 23.7 Å². The number of aryl methyl sites for hydroxylation is 1. The summed E-state index contributed by atoms with van der Waals surface area (Å²) in [7, 11) is 0. The molecule has 0 aliphatic rings. The van der Waals surface area contributed by atoms with Gasteiger partial charge < -0.3 is 9.94 Å². The number of hydrogen-bond acceptors (Lipinski definition) is 6. The van der Waals surface area contributed by atoms with Gasteiger partial charge in [-0.25, -0.2) is 14.8 Å². The van der Waals surface area contributed by atoms with E-state index < -0.39 is 6.09 Å². The van der Waals surface area contributed by atoms with Crippen LogP contribution in [-0.2, 0) is 11.3 Å². The molecule has 2 N–H and O–H groups in total. The molecule has 0 saturated heterocycles. The molecule has 1 aromatic carbocycles. The molecule has 0 bridgehead atoms. The number of ether oxygens (including phenoxy) is 1. The Labute approximate surface area is 127 Å². The number of carbonyl (C=O) groups is 1. The molecule has 0 radical (unpaired) electrons. The second kappa shape index (κ2) is 7.16. The molecule has 114 valence electrons. The molecule has 0 unspecified atom stereocenters. The van der Waals surface area contributed by atoms with Gasteiger partial charge in [0.2, 0.25) is 5.95 Å². The molecule has 1 aromatic heterocycles. The van der Waals surface area contributed by atoms with E-state index in [0.29, 0.717) is 17.0 Å². The number of anilines is 1. The number of nitrogens with one attached hydrogen (secondary N) is 1. The van der Waals surface area contributed by atoms with Crippen molar-refractivity contribution in [2.45, 2.75) is 20.5 Å². The molecule has 2 aromatic rings. The van der Waals surface area contributed by atoms with Crippen molar-refractivity contribution < 1.29 is 14.7 Å². The lowest BCUT2D eigenvalue weighted by molar-refractivity contribution is 0.155. The highest BCUT2D eigenvalue weighted by atomic mass is 16.5. The van der Waals surface area contributed by atoms with Crippen LogP contribution in [0.25, 0.3) is 0 Å². The average molecular weight is 300 g/mol. The molecule has 0 fully saturated rings. The van der Waals surface area contributed by atoms with Crippen molar-refractivity contribution in [2.75, 3.05) is 5.32 Å². The first kappa shape index (κ1) is 15.4. The van der Waals surface area contributed by atoms with E-state index in [1.54, 1.807) is 13.8 Å². The number of aromatic nitrogens is 2. The van der Waals surface area contributed by atoms with Gasteiger partial charge in [-0.05, 0) is 19.4 Å². The zero-order chi connectivity index (χ0) is 15.9. The van der Waals surface area contributed by atoms with Crippen LogP contribution in [0.5, 0.6) is 0 Å². The number of rotatable bonds is 4. The molecule has 0 atom stereocenters. The minimum Gasteiger partial charge on any atom is -0.444 e. The van der Waals surface area contributed by atoms with Gasteiger partial charge in [-0.1, -0.05) is 35.5 Å². The monoisotopic (exact) mass is 300 g/mol. The van der Waals surface area contributed by atoms with Gasteiger partial charge in [-0.3, -0.25) is 5.32 Å². The third-order valence-corrected chi connectivity index (χ3v) is 2.95. The lowest BCUT2D eigenvalue weighted by Gasteiger charge is -2.08. The fourth-order valence-corrected chi connectivity index (χ4v) is 1.79. The normalized spacial score (nSPS) is 11.1. The highest BCUT2D eigenvalue weighted by molar-refractivity contribution is 5.99. The van der Waals surface area contributed by atoms with Crippen molar-refractivity contribution in [3.8, 4) is 0 Å². The third kappa shape index (κ3) is 4.02. The number of benzene rings is 1. The van der Waals surface area contributed by atoms with E-state index in [1.807, 2.05) is 30.3 Å². The van der Waals surface area contributed by atoms with Gasteiger partial charge >= 0.3 is 6.09 Å². The summed E-state index contributed by atoms with van der Waals surface area (Å²) in [6, 6.07) is 9.35. The Bertz CT molecular complexity index is 686. The number of oxime groups is 1. The number of carbonyl (C=O) groups excluding carboxylic acids is 1. The Morgan fingerprint density at radius 1 is 1.36 bits per heavy atom. The first-order valence-electron chi connectivity index (χ1n) is 6.60. The Balaban J connectivity index is 1.96. The number of nitrogens with zero attached hydrogens (tertiary/aromatic N) is 3. The van der Waals surface area contributed by atoms with Gasteiger partial charge in [0, 0.05) is 11.8 Å². The van der Waals surface area contributed by atoms with Crippen LogP contribution in [0.2, 0.25) is 0 Å². The summed E-state index contributed by atoms with van der Waals surface area (Å²) in [5, 5.41) is 14.3. The molecule has 0 aliphatic heterocycles. The molecule has 7 nitrogen and oxygen atoms in total. The third-order valence-electron chi connectivity index (χ3n) is 2.95. The molecule has 0 spiro atoms. The van der Waals surface area contributed by atoms with E-state index in [0.717, 1.165) is 5.56 Å². The quantitative estimate of drug-likeness (QED) is 0.514. The molecule has 0 aliphatic carbocycles. The van der Waals surface area contributed by atoms with Gasteiger partial charge in [-0.2, -0.15) is 0 Å². The first-order valence-corrected chi connectivity index (χ1v) is 6.60. The smallest absolute Gasteiger partial charge is 0.414 e. The number of hydrogen-bond donors (Lipinski definition) is 2.